The Morgan fingerprint density at radius 3 is 2.21 bits per heavy atom. The zero-order valence-corrected chi connectivity index (χ0v) is 13.5. The minimum Gasteiger partial charge on any atom is -0.290 e. The Hall–Kier alpha value is -2.52. The van der Waals surface area contributed by atoms with Crippen molar-refractivity contribution in [1.82, 2.24) is 0 Å². The Bertz CT molecular complexity index is 838. The predicted octanol–water partition coefficient (Wildman–Crippen LogP) is 5.00. The molecule has 0 aromatic heterocycles. The molecular formula is C20H14ClFO2. The molecular weight excluding hydrogens is 327 g/mol. The second-order valence-corrected chi connectivity index (χ2v) is 6.03. The summed E-state index contributed by atoms with van der Waals surface area (Å²) >= 11 is 5.81. The summed E-state index contributed by atoms with van der Waals surface area (Å²) in [6.07, 6.45) is 3.86. The van der Waals surface area contributed by atoms with Crippen LogP contribution in [0.5, 0.6) is 0 Å². The molecule has 0 N–H and O–H groups in total. The van der Waals surface area contributed by atoms with Crippen molar-refractivity contribution in [2.24, 2.45) is 0 Å². The van der Waals surface area contributed by atoms with E-state index in [-0.39, 0.29) is 12.2 Å². The molecule has 0 spiro atoms. The minimum atomic E-state index is -2.12. The molecule has 2 nitrogen and oxygen atoms in total. The van der Waals surface area contributed by atoms with Crippen LogP contribution in [-0.4, -0.2) is 17.2 Å². The fraction of sp³-hybridized carbons (Fsp3) is 0.100. The number of Topliss-reactive ketones (excluding diaryl/α,β-unsaturated/α-hetero) is 2. The van der Waals surface area contributed by atoms with Crippen LogP contribution < -0.4 is 0 Å². The third kappa shape index (κ3) is 3.22. The quantitative estimate of drug-likeness (QED) is 0.734. The van der Waals surface area contributed by atoms with Gasteiger partial charge in [0.05, 0.1) is 0 Å². The van der Waals surface area contributed by atoms with Crippen LogP contribution in [0.4, 0.5) is 4.39 Å². The van der Waals surface area contributed by atoms with Gasteiger partial charge in [0.2, 0.25) is 5.78 Å². The molecule has 120 valence electrons. The van der Waals surface area contributed by atoms with Crippen molar-refractivity contribution in [3.05, 3.63) is 94.5 Å². The normalized spacial score (nSPS) is 19.7. The summed E-state index contributed by atoms with van der Waals surface area (Å²) < 4.78 is 14.9. The Balaban J connectivity index is 1.79. The molecule has 4 heteroatoms. The van der Waals surface area contributed by atoms with E-state index in [0.29, 0.717) is 21.7 Å². The molecule has 0 bridgehead atoms. The van der Waals surface area contributed by atoms with Gasteiger partial charge >= 0.3 is 0 Å². The maximum absolute atomic E-state index is 14.9. The van der Waals surface area contributed by atoms with E-state index in [2.05, 4.69) is 0 Å². The second kappa shape index (κ2) is 6.54. The highest BCUT2D eigenvalue weighted by Gasteiger charge is 2.37. The highest BCUT2D eigenvalue weighted by atomic mass is 35.5. The lowest BCUT2D eigenvalue weighted by molar-refractivity contribution is 0.0778. The average molecular weight is 341 g/mol. The van der Waals surface area contributed by atoms with E-state index in [0.717, 1.165) is 0 Å². The van der Waals surface area contributed by atoms with E-state index in [1.807, 2.05) is 0 Å². The largest absolute Gasteiger partial charge is 0.290 e. The first kappa shape index (κ1) is 16.3. The maximum atomic E-state index is 14.9. The summed E-state index contributed by atoms with van der Waals surface area (Å²) in [6, 6.07) is 14.8. The van der Waals surface area contributed by atoms with Crippen LogP contribution in [0.25, 0.3) is 0 Å². The standard InChI is InChI=1S/C20H14ClFO2/c21-17-8-6-14(7-9-17)18(23)15-10-12-20(22,13-11-15)19(24)16-4-2-1-3-5-16/h1-12H,13H2. The molecule has 1 atom stereocenters. The first-order valence-electron chi connectivity index (χ1n) is 7.48. The van der Waals surface area contributed by atoms with Crippen LogP contribution in [0.3, 0.4) is 0 Å². The molecule has 2 aromatic rings. The van der Waals surface area contributed by atoms with Crippen LogP contribution in [0, 0.1) is 0 Å². The number of rotatable bonds is 4. The SMILES string of the molecule is O=C(C1=CCC(F)(C(=O)c2ccccc2)C=C1)c1ccc(Cl)cc1. The molecule has 1 aliphatic carbocycles. The Labute approximate surface area is 144 Å². The first-order valence-corrected chi connectivity index (χ1v) is 7.86. The van der Waals surface area contributed by atoms with Crippen molar-refractivity contribution in [3.63, 3.8) is 0 Å². The van der Waals surface area contributed by atoms with Gasteiger partial charge in [0.15, 0.2) is 11.5 Å². The van der Waals surface area contributed by atoms with Gasteiger partial charge in [0.1, 0.15) is 0 Å². The Morgan fingerprint density at radius 2 is 1.62 bits per heavy atom. The van der Waals surface area contributed by atoms with Gasteiger partial charge in [0, 0.05) is 28.1 Å². The fourth-order valence-corrected chi connectivity index (χ4v) is 2.68. The third-order valence-corrected chi connectivity index (χ3v) is 4.18. The number of carbonyl (C=O) groups excluding carboxylic acids is 2. The van der Waals surface area contributed by atoms with Crippen molar-refractivity contribution >= 4 is 23.2 Å². The molecule has 24 heavy (non-hydrogen) atoms. The van der Waals surface area contributed by atoms with Crippen molar-refractivity contribution in [1.29, 1.82) is 0 Å². The summed E-state index contributed by atoms with van der Waals surface area (Å²) in [5.74, 6) is -0.828. The average Bonchev–Trinajstić information content (AvgIpc) is 2.62. The maximum Gasteiger partial charge on any atom is 0.204 e. The van der Waals surface area contributed by atoms with Crippen LogP contribution in [-0.2, 0) is 0 Å². The highest BCUT2D eigenvalue weighted by Crippen LogP contribution is 2.30. The van der Waals surface area contributed by atoms with Crippen LogP contribution in [0.15, 0.2) is 78.4 Å². The molecule has 0 saturated heterocycles. The van der Waals surface area contributed by atoms with Gasteiger partial charge in [-0.3, -0.25) is 9.59 Å². The first-order chi connectivity index (χ1) is 11.5. The van der Waals surface area contributed by atoms with Crippen molar-refractivity contribution in [3.8, 4) is 0 Å². The van der Waals surface area contributed by atoms with E-state index in [9.17, 15) is 14.0 Å². The predicted molar refractivity (Wildman–Crippen MR) is 92.2 cm³/mol. The Morgan fingerprint density at radius 1 is 0.958 bits per heavy atom. The van der Waals surface area contributed by atoms with Crippen molar-refractivity contribution < 1.29 is 14.0 Å². The zero-order chi connectivity index (χ0) is 17.2. The van der Waals surface area contributed by atoms with E-state index >= 15 is 0 Å². The second-order valence-electron chi connectivity index (χ2n) is 5.59. The van der Waals surface area contributed by atoms with Gasteiger partial charge in [0.25, 0.3) is 0 Å². The number of allylic oxidation sites excluding steroid dienone is 4. The summed E-state index contributed by atoms with van der Waals surface area (Å²) in [4.78, 5) is 24.7. The third-order valence-electron chi connectivity index (χ3n) is 3.93. The molecule has 0 saturated carbocycles. The van der Waals surface area contributed by atoms with Gasteiger partial charge in [-0.2, -0.15) is 0 Å². The lowest BCUT2D eigenvalue weighted by atomic mass is 9.85. The summed E-state index contributed by atoms with van der Waals surface area (Å²) in [7, 11) is 0. The smallest absolute Gasteiger partial charge is 0.204 e. The monoisotopic (exact) mass is 340 g/mol. The summed E-state index contributed by atoms with van der Waals surface area (Å²) in [5.41, 5.74) is -0.974. The minimum absolute atomic E-state index is 0.161. The molecule has 3 rings (SSSR count). The number of alkyl halides is 1. The van der Waals surface area contributed by atoms with Crippen molar-refractivity contribution in [2.75, 3.05) is 0 Å². The zero-order valence-electron chi connectivity index (χ0n) is 12.7. The van der Waals surface area contributed by atoms with E-state index < -0.39 is 11.5 Å². The van der Waals surface area contributed by atoms with Gasteiger partial charge in [-0.05, 0) is 30.3 Å². The number of hydrogen-bond donors (Lipinski definition) is 0. The lowest BCUT2D eigenvalue weighted by Gasteiger charge is -2.22. The van der Waals surface area contributed by atoms with Gasteiger partial charge in [-0.1, -0.05) is 54.1 Å². The van der Waals surface area contributed by atoms with Crippen LogP contribution in [0.1, 0.15) is 27.1 Å². The topological polar surface area (TPSA) is 34.1 Å². The summed E-state index contributed by atoms with van der Waals surface area (Å²) in [6.45, 7) is 0. The molecule has 2 aromatic carbocycles. The molecule has 0 aliphatic heterocycles. The van der Waals surface area contributed by atoms with Crippen LogP contribution >= 0.6 is 11.6 Å². The number of hydrogen-bond acceptors (Lipinski definition) is 2. The van der Waals surface area contributed by atoms with E-state index in [4.69, 9.17) is 11.6 Å². The highest BCUT2D eigenvalue weighted by molar-refractivity contribution is 6.30. The number of benzene rings is 2. The summed E-state index contributed by atoms with van der Waals surface area (Å²) in [5, 5.41) is 0.538. The van der Waals surface area contributed by atoms with Gasteiger partial charge in [-0.25, -0.2) is 4.39 Å². The van der Waals surface area contributed by atoms with Crippen LogP contribution in [0.2, 0.25) is 5.02 Å². The molecule has 1 unspecified atom stereocenters. The fourth-order valence-electron chi connectivity index (χ4n) is 2.55. The molecule has 0 fully saturated rings. The van der Waals surface area contributed by atoms with Gasteiger partial charge in [-0.15, -0.1) is 0 Å². The van der Waals surface area contributed by atoms with Crippen molar-refractivity contribution in [2.45, 2.75) is 12.1 Å². The lowest BCUT2D eigenvalue weighted by Crippen LogP contribution is -2.33. The molecule has 0 radical (unpaired) electrons. The number of ketones is 2. The number of halogens is 2. The molecule has 1 aliphatic rings. The van der Waals surface area contributed by atoms with Gasteiger partial charge < -0.3 is 0 Å². The molecule has 0 amide bonds. The van der Waals surface area contributed by atoms with E-state index in [1.54, 1.807) is 54.6 Å². The van der Waals surface area contributed by atoms with E-state index in [1.165, 1.54) is 18.2 Å². The molecule has 0 heterocycles. The Kier molecular flexibility index (Phi) is 4.45. The number of carbonyl (C=O) groups is 2.